The highest BCUT2D eigenvalue weighted by atomic mass is 79.9. The number of hydrogen-bond acceptors (Lipinski definition) is 8. The van der Waals surface area contributed by atoms with Gasteiger partial charge in [0.05, 0.1) is 40.5 Å². The summed E-state index contributed by atoms with van der Waals surface area (Å²) in [5.41, 5.74) is 3.51. The Hall–Kier alpha value is -4.66. The van der Waals surface area contributed by atoms with Gasteiger partial charge in [-0.15, -0.1) is 0 Å². The lowest BCUT2D eigenvalue weighted by atomic mass is 9.94. The van der Waals surface area contributed by atoms with Crippen molar-refractivity contribution in [2.24, 2.45) is 4.99 Å². The Bertz CT molecular complexity index is 1980. The quantitative estimate of drug-likeness (QED) is 0.289. The normalized spacial score (nSPS) is 14.4. The Balaban J connectivity index is 1.67. The van der Waals surface area contributed by atoms with E-state index in [1.807, 2.05) is 49.4 Å². The van der Waals surface area contributed by atoms with E-state index in [4.69, 9.17) is 24.5 Å². The SMILES string of the molecule is COc1cc([C@@H]2C(C(=O)Nc3ccccc3)=C(C)N=c3s/c(=C\c4cc(Br)c(OCC#N)c(OC)c4)c(=O)n32)ccc1C. The summed E-state index contributed by atoms with van der Waals surface area (Å²) in [5.74, 6) is 1.09. The summed E-state index contributed by atoms with van der Waals surface area (Å²) in [5, 5.41) is 11.9. The van der Waals surface area contributed by atoms with Gasteiger partial charge < -0.3 is 19.5 Å². The molecule has 0 unspecified atom stereocenters. The van der Waals surface area contributed by atoms with Crippen LogP contribution in [0, 0.1) is 18.3 Å². The smallest absolute Gasteiger partial charge is 0.271 e. The number of rotatable bonds is 8. The van der Waals surface area contributed by atoms with Crippen LogP contribution in [0.15, 0.2) is 86.2 Å². The molecule has 1 aliphatic heterocycles. The van der Waals surface area contributed by atoms with Gasteiger partial charge in [0.15, 0.2) is 22.9 Å². The lowest BCUT2D eigenvalue weighted by molar-refractivity contribution is -0.113. The zero-order valence-corrected chi connectivity index (χ0v) is 26.2. The third kappa shape index (κ3) is 5.98. The number of nitrogens with zero attached hydrogens (tertiary/aromatic N) is 3. The number of aromatic nitrogens is 1. The molecule has 9 nitrogen and oxygen atoms in total. The first-order valence-electron chi connectivity index (χ1n) is 13.2. The maximum atomic E-state index is 14.1. The minimum atomic E-state index is -0.750. The number of thiazole rings is 1. The van der Waals surface area contributed by atoms with Crippen LogP contribution in [0.4, 0.5) is 5.69 Å². The molecule has 4 aromatic rings. The van der Waals surface area contributed by atoms with Crippen LogP contribution in [0.5, 0.6) is 17.2 Å². The molecule has 1 atom stereocenters. The first kappa shape index (κ1) is 29.8. The van der Waals surface area contributed by atoms with Gasteiger partial charge in [-0.3, -0.25) is 14.2 Å². The molecule has 11 heteroatoms. The molecule has 0 bridgehead atoms. The lowest BCUT2D eigenvalue weighted by Crippen LogP contribution is -2.40. The third-order valence-corrected chi connectivity index (χ3v) is 8.45. The maximum Gasteiger partial charge on any atom is 0.271 e. The molecule has 0 fully saturated rings. The predicted molar refractivity (Wildman–Crippen MR) is 168 cm³/mol. The van der Waals surface area contributed by atoms with Gasteiger partial charge in [-0.25, -0.2) is 4.99 Å². The summed E-state index contributed by atoms with van der Waals surface area (Å²) in [6.07, 6.45) is 1.74. The average molecular weight is 660 g/mol. The molecule has 1 N–H and O–H groups in total. The second kappa shape index (κ2) is 12.7. The van der Waals surface area contributed by atoms with E-state index in [0.29, 0.717) is 59.1 Å². The van der Waals surface area contributed by atoms with Crippen molar-refractivity contribution in [3.63, 3.8) is 0 Å². The number of carbonyl (C=O) groups excluding carboxylic acids is 1. The van der Waals surface area contributed by atoms with E-state index in [1.165, 1.54) is 18.4 Å². The van der Waals surface area contributed by atoms with E-state index in [2.05, 4.69) is 21.2 Å². The van der Waals surface area contributed by atoms with Crippen LogP contribution in [0.3, 0.4) is 0 Å². The fraction of sp³-hybridized carbons (Fsp3) is 0.188. The number of halogens is 1. The van der Waals surface area contributed by atoms with E-state index in [0.717, 1.165) is 5.56 Å². The number of anilines is 1. The molecular weight excluding hydrogens is 632 g/mol. The van der Waals surface area contributed by atoms with E-state index in [-0.39, 0.29) is 18.1 Å². The van der Waals surface area contributed by atoms with Crippen molar-refractivity contribution in [2.75, 3.05) is 26.1 Å². The fourth-order valence-corrected chi connectivity index (χ4v) is 6.49. The molecule has 43 heavy (non-hydrogen) atoms. The van der Waals surface area contributed by atoms with Gasteiger partial charge in [-0.1, -0.05) is 41.7 Å². The molecule has 5 rings (SSSR count). The highest BCUT2D eigenvalue weighted by Gasteiger charge is 2.33. The zero-order chi connectivity index (χ0) is 30.7. The number of aryl methyl sites for hydroxylation is 1. The number of amides is 1. The van der Waals surface area contributed by atoms with Gasteiger partial charge >= 0.3 is 0 Å². The summed E-state index contributed by atoms with van der Waals surface area (Å²) in [6.45, 7) is 3.56. The maximum absolute atomic E-state index is 14.1. The van der Waals surface area contributed by atoms with Crippen LogP contribution in [0.25, 0.3) is 6.08 Å². The Labute approximate surface area is 260 Å². The Morgan fingerprint density at radius 3 is 2.56 bits per heavy atom. The summed E-state index contributed by atoms with van der Waals surface area (Å²) < 4.78 is 19.1. The van der Waals surface area contributed by atoms with Crippen LogP contribution in [0.1, 0.15) is 29.7 Å². The van der Waals surface area contributed by atoms with Crippen LogP contribution in [-0.4, -0.2) is 31.3 Å². The largest absolute Gasteiger partial charge is 0.496 e. The van der Waals surface area contributed by atoms with Crippen molar-refractivity contribution in [3.05, 3.63) is 113 Å². The van der Waals surface area contributed by atoms with Gasteiger partial charge in [-0.05, 0) is 82.9 Å². The number of para-hydroxylation sites is 1. The van der Waals surface area contributed by atoms with Crippen LogP contribution >= 0.6 is 27.3 Å². The van der Waals surface area contributed by atoms with Gasteiger partial charge in [-0.2, -0.15) is 5.26 Å². The Morgan fingerprint density at radius 1 is 1.12 bits per heavy atom. The van der Waals surface area contributed by atoms with Crippen LogP contribution in [-0.2, 0) is 4.79 Å². The Morgan fingerprint density at radius 2 is 1.86 bits per heavy atom. The Kier molecular flexibility index (Phi) is 8.80. The van der Waals surface area contributed by atoms with Crippen LogP contribution in [0.2, 0.25) is 0 Å². The summed E-state index contributed by atoms with van der Waals surface area (Å²) in [4.78, 5) is 33.1. The highest BCUT2D eigenvalue weighted by Crippen LogP contribution is 2.37. The molecule has 218 valence electrons. The van der Waals surface area contributed by atoms with Gasteiger partial charge in [0.2, 0.25) is 0 Å². The molecule has 1 amide bonds. The average Bonchev–Trinajstić information content (AvgIpc) is 3.30. The number of methoxy groups -OCH3 is 2. The molecule has 0 radical (unpaired) electrons. The molecule has 0 saturated carbocycles. The zero-order valence-electron chi connectivity index (χ0n) is 23.8. The molecule has 1 aromatic heterocycles. The molecule has 1 aliphatic rings. The topological polar surface area (TPSA) is 115 Å². The molecule has 0 saturated heterocycles. The van der Waals surface area contributed by atoms with Crippen molar-refractivity contribution in [2.45, 2.75) is 19.9 Å². The van der Waals surface area contributed by atoms with Gasteiger partial charge in [0.25, 0.3) is 11.5 Å². The number of benzene rings is 3. The summed E-state index contributed by atoms with van der Waals surface area (Å²) in [7, 11) is 3.09. The lowest BCUT2D eigenvalue weighted by Gasteiger charge is -2.26. The first-order valence-corrected chi connectivity index (χ1v) is 14.8. The fourth-order valence-electron chi connectivity index (χ4n) is 4.87. The summed E-state index contributed by atoms with van der Waals surface area (Å²) >= 11 is 4.71. The summed E-state index contributed by atoms with van der Waals surface area (Å²) in [6, 6.07) is 19.5. The minimum absolute atomic E-state index is 0.143. The second-order valence-corrected chi connectivity index (χ2v) is 11.5. The van der Waals surface area contributed by atoms with Crippen molar-refractivity contribution < 1.29 is 19.0 Å². The number of nitriles is 1. The van der Waals surface area contributed by atoms with E-state index >= 15 is 0 Å². The van der Waals surface area contributed by atoms with E-state index < -0.39 is 6.04 Å². The predicted octanol–water partition coefficient (Wildman–Crippen LogP) is 4.86. The highest BCUT2D eigenvalue weighted by molar-refractivity contribution is 9.10. The minimum Gasteiger partial charge on any atom is -0.496 e. The van der Waals surface area contributed by atoms with Crippen molar-refractivity contribution in [1.29, 1.82) is 5.26 Å². The number of hydrogen-bond donors (Lipinski definition) is 1. The number of allylic oxidation sites excluding steroid dienone is 1. The standard InChI is InChI=1S/C32H27BrN4O5S/c1-18-10-11-21(17-24(18)40-3)28-27(30(38)36-22-8-6-5-7-9-22)19(2)35-32-37(28)31(39)26(43-32)16-20-14-23(33)29(42-13-12-34)25(15-20)41-4/h5-11,14-17,28H,13H2,1-4H3,(H,36,38)/b26-16-/t28-/m1/s1. The monoisotopic (exact) mass is 658 g/mol. The first-order chi connectivity index (χ1) is 20.7. The molecule has 2 heterocycles. The molecule has 0 spiro atoms. The van der Waals surface area contributed by atoms with Gasteiger partial charge in [0, 0.05) is 5.69 Å². The van der Waals surface area contributed by atoms with E-state index in [1.54, 1.807) is 48.9 Å². The number of carbonyl (C=O) groups is 1. The second-order valence-electron chi connectivity index (χ2n) is 9.61. The number of fused-ring (bicyclic) bond motifs is 1. The third-order valence-electron chi connectivity index (χ3n) is 6.88. The van der Waals surface area contributed by atoms with E-state index in [9.17, 15) is 9.59 Å². The number of ether oxygens (including phenoxy) is 3. The number of nitrogens with one attached hydrogen (secondary N) is 1. The molecular formula is C32H27BrN4O5S. The van der Waals surface area contributed by atoms with Crippen molar-refractivity contribution in [3.8, 4) is 23.3 Å². The van der Waals surface area contributed by atoms with Crippen molar-refractivity contribution in [1.82, 2.24) is 4.57 Å². The molecule has 3 aromatic carbocycles. The molecule has 0 aliphatic carbocycles. The van der Waals surface area contributed by atoms with Crippen molar-refractivity contribution >= 4 is 44.9 Å². The van der Waals surface area contributed by atoms with Gasteiger partial charge in [0.1, 0.15) is 11.8 Å². The van der Waals surface area contributed by atoms with Crippen LogP contribution < -0.4 is 34.4 Å².